The number of fused-ring (bicyclic) bond motifs is 1. The Morgan fingerprint density at radius 2 is 1.36 bits per heavy atom. The van der Waals surface area contributed by atoms with E-state index in [1.54, 1.807) is 18.3 Å². The fourth-order valence-corrected chi connectivity index (χ4v) is 8.43. The fraction of sp³-hybridized carbons (Fsp3) is 0.480. The quantitative estimate of drug-likeness (QED) is 0.0373. The number of H-pyrrole nitrogens is 1. The summed E-state index contributed by atoms with van der Waals surface area (Å²) in [6.45, 7) is 4.86. The highest BCUT2D eigenvalue weighted by Crippen LogP contribution is 2.30. The number of alkyl halides is 3. The lowest BCUT2D eigenvalue weighted by Crippen LogP contribution is -2.60. The van der Waals surface area contributed by atoms with E-state index in [1.165, 1.54) is 13.0 Å². The summed E-state index contributed by atoms with van der Waals surface area (Å²) in [5.74, 6) is -7.21. The van der Waals surface area contributed by atoms with E-state index in [0.29, 0.717) is 5.56 Å². The van der Waals surface area contributed by atoms with Crippen LogP contribution in [0.2, 0.25) is 0 Å². The zero-order valence-corrected chi connectivity index (χ0v) is 43.3. The van der Waals surface area contributed by atoms with Crippen LogP contribution in [0.3, 0.4) is 0 Å². The van der Waals surface area contributed by atoms with Crippen molar-refractivity contribution in [1.29, 1.82) is 0 Å². The Balaban J connectivity index is 1.81. The van der Waals surface area contributed by atoms with E-state index in [0.717, 1.165) is 29.1 Å². The Kier molecular flexibility index (Phi) is 24.2. The van der Waals surface area contributed by atoms with Gasteiger partial charge in [-0.2, -0.15) is 13.2 Å². The summed E-state index contributed by atoms with van der Waals surface area (Å²) in [5.41, 5.74) is 34.3. The second kappa shape index (κ2) is 30.3. The predicted molar refractivity (Wildman–Crippen MR) is 285 cm³/mol. The van der Waals surface area contributed by atoms with Crippen LogP contribution in [-0.4, -0.2) is 133 Å². The van der Waals surface area contributed by atoms with Crippen LogP contribution in [0.4, 0.5) is 13.2 Å². The van der Waals surface area contributed by atoms with Crippen molar-refractivity contribution < 1.29 is 51.5 Å². The molecule has 426 valence electrons. The predicted octanol–water partition coefficient (Wildman–Crippen LogP) is -2.00. The highest BCUT2D eigenvalue weighted by Gasteiger charge is 2.36. The van der Waals surface area contributed by atoms with Gasteiger partial charge in [-0.05, 0) is 81.2 Å². The summed E-state index contributed by atoms with van der Waals surface area (Å²) in [4.78, 5) is 123. The molecule has 0 saturated carbocycles. The molecule has 2 heterocycles. The third-order valence-electron chi connectivity index (χ3n) is 12.4. The van der Waals surface area contributed by atoms with Gasteiger partial charge in [-0.1, -0.05) is 43.0 Å². The number of rotatable bonds is 18. The van der Waals surface area contributed by atoms with Gasteiger partial charge in [-0.15, -0.1) is 0 Å². The lowest BCUT2D eigenvalue weighted by molar-refractivity contribution is -0.137. The second-order valence-electron chi connectivity index (χ2n) is 18.7. The van der Waals surface area contributed by atoms with Gasteiger partial charge in [0.05, 0.1) is 11.6 Å². The minimum absolute atomic E-state index is 0.00472. The first-order valence-electron chi connectivity index (χ1n) is 25.3. The fourth-order valence-electron chi connectivity index (χ4n) is 8.43. The highest BCUT2D eigenvalue weighted by atomic mass is 19.4. The molecule has 25 nitrogen and oxygen atoms in total. The Bertz CT molecular complexity index is 2650. The number of benzene rings is 2. The van der Waals surface area contributed by atoms with Crippen molar-refractivity contribution in [1.82, 2.24) is 47.5 Å². The van der Waals surface area contributed by atoms with E-state index in [9.17, 15) is 51.5 Å². The van der Waals surface area contributed by atoms with Crippen molar-refractivity contribution >= 4 is 70.1 Å². The number of nitrogens with zero attached hydrogens (tertiary/aromatic N) is 2. The molecule has 1 aliphatic heterocycles. The van der Waals surface area contributed by atoms with Crippen molar-refractivity contribution in [2.75, 3.05) is 26.2 Å². The number of carbonyl (C=O) groups excluding carboxylic acids is 8. The van der Waals surface area contributed by atoms with Gasteiger partial charge in [0.15, 0.2) is 11.9 Å². The first-order valence-corrected chi connectivity index (χ1v) is 25.3. The number of amides is 8. The normalized spacial score (nSPS) is 21.0. The van der Waals surface area contributed by atoms with Crippen molar-refractivity contribution in [3.05, 3.63) is 83.7 Å². The Morgan fingerprint density at radius 3 is 2.00 bits per heavy atom. The monoisotopic (exact) mass is 1100 g/mol. The summed E-state index contributed by atoms with van der Waals surface area (Å²) >= 11 is 0. The summed E-state index contributed by atoms with van der Waals surface area (Å²) in [7, 11) is 0. The molecule has 4 rings (SSSR count). The van der Waals surface area contributed by atoms with Crippen LogP contribution in [0.15, 0.2) is 77.0 Å². The third kappa shape index (κ3) is 20.6. The van der Waals surface area contributed by atoms with Crippen LogP contribution in [0, 0.1) is 0 Å². The molecule has 21 N–H and O–H groups in total. The van der Waals surface area contributed by atoms with Crippen molar-refractivity contribution in [3.63, 3.8) is 0 Å². The largest absolute Gasteiger partial charge is 0.416 e. The number of guanidine groups is 2. The lowest BCUT2D eigenvalue weighted by Gasteiger charge is -2.28. The maximum Gasteiger partial charge on any atom is 0.416 e. The number of nitrogens with one attached hydrogen (secondary N) is 9. The SMILES string of the molecule is C=C(N)C1CCCNC(=O)CC[C@H](NC(=O)[C@H](CCCN=C(N)N)NC(C)=O)C(=O)N[C@@H](CCN)C(=O)N[C@H](Cc2cccc(C(F)(F)F)c2)C(=O)N[C@@H](CCCN=C(N)N)C(=O)N[C@@H](Cc2c[nH]c3ccccc23)C(=O)N1. The number of hydrogen-bond acceptors (Lipinski definition) is 12. The van der Waals surface area contributed by atoms with Crippen LogP contribution >= 0.6 is 0 Å². The van der Waals surface area contributed by atoms with Gasteiger partial charge in [0.1, 0.15) is 36.3 Å². The molecule has 1 saturated heterocycles. The molecule has 78 heavy (non-hydrogen) atoms. The molecular formula is C50H72F3N17O8. The molecule has 1 unspecified atom stereocenters. The van der Waals surface area contributed by atoms with Crippen LogP contribution in [0.1, 0.15) is 81.4 Å². The van der Waals surface area contributed by atoms with Crippen molar-refractivity contribution in [2.45, 2.75) is 126 Å². The summed E-state index contributed by atoms with van der Waals surface area (Å²) < 4.78 is 42.0. The Morgan fingerprint density at radius 1 is 0.756 bits per heavy atom. The molecule has 0 bridgehead atoms. The van der Waals surface area contributed by atoms with E-state index in [2.05, 4.69) is 64.1 Å². The Labute approximate surface area is 448 Å². The number of aromatic nitrogens is 1. The van der Waals surface area contributed by atoms with Crippen molar-refractivity contribution in [3.8, 4) is 0 Å². The summed E-state index contributed by atoms with van der Waals surface area (Å²) in [6, 6.07) is 1.35. The molecule has 1 fully saturated rings. The summed E-state index contributed by atoms with van der Waals surface area (Å²) in [5, 5.41) is 21.7. The maximum absolute atomic E-state index is 14.6. The smallest absolute Gasteiger partial charge is 0.401 e. The van der Waals surface area contributed by atoms with Crippen LogP contribution in [0.25, 0.3) is 10.9 Å². The zero-order valence-electron chi connectivity index (χ0n) is 43.3. The van der Waals surface area contributed by atoms with Gasteiger partial charge < -0.3 is 81.9 Å². The first kappa shape index (κ1) is 62.1. The lowest BCUT2D eigenvalue weighted by atomic mass is 10.00. The van der Waals surface area contributed by atoms with E-state index >= 15 is 0 Å². The molecule has 2 aromatic carbocycles. The van der Waals surface area contributed by atoms with Gasteiger partial charge in [0.25, 0.3) is 0 Å². The van der Waals surface area contributed by atoms with E-state index in [-0.39, 0.29) is 114 Å². The minimum Gasteiger partial charge on any atom is -0.401 e. The molecule has 3 aromatic rings. The van der Waals surface area contributed by atoms with Crippen LogP contribution in [0.5, 0.6) is 0 Å². The van der Waals surface area contributed by atoms with E-state index in [1.807, 2.05) is 12.1 Å². The second-order valence-corrected chi connectivity index (χ2v) is 18.7. The number of aromatic amines is 1. The number of para-hydroxylation sites is 1. The van der Waals surface area contributed by atoms with E-state index < -0.39 is 108 Å². The maximum atomic E-state index is 14.6. The van der Waals surface area contributed by atoms with Gasteiger partial charge in [0.2, 0.25) is 47.3 Å². The number of halogens is 3. The molecule has 8 amide bonds. The average molecular weight is 1100 g/mol. The van der Waals surface area contributed by atoms with Crippen LogP contribution < -0.4 is 76.9 Å². The number of aliphatic imine (C=N–C) groups is 2. The first-order chi connectivity index (χ1) is 36.9. The van der Waals surface area contributed by atoms with Gasteiger partial charge >= 0.3 is 6.18 Å². The summed E-state index contributed by atoms with van der Waals surface area (Å²) in [6.07, 6.45) is -4.36. The molecule has 0 radical (unpaired) electrons. The zero-order chi connectivity index (χ0) is 57.5. The van der Waals surface area contributed by atoms with Gasteiger partial charge in [-0.25, -0.2) is 0 Å². The topological polar surface area (TPSA) is 429 Å². The molecular weight excluding hydrogens is 1020 g/mol. The standard InChI is InChI=1S/C50H72F3N17O8/c1-27(55)33-13-6-20-60-41(72)17-16-37(67-42(73)35(64-28(2)71)14-7-21-61-48(56)57)44(75)68-38(18-19-54)45(76)69-39(24-29-9-5-10-31(23-29)50(51,52)53)46(77)66-36(15-8-22-62-49(58)59)43(74)70-40(47(78)65-33)25-30-26-63-34-12-4-3-11-32(30)34/h3-5,9-12,23,26,33,35-40,63H,1,6-8,13-22,24-25,54-55H2,2H3,(H,60,72)(H,64,71)(H,65,78)(H,66,77)(H,67,73)(H,68,75)(H,69,76)(H,70,74)(H4,56,57,61)(H4,58,59,62)/t33?,35-,36-,37-,38-,39+,40-/m0/s1. The third-order valence-corrected chi connectivity index (χ3v) is 12.4. The average Bonchev–Trinajstić information content (AvgIpc) is 3.80. The molecule has 0 spiro atoms. The molecule has 0 aliphatic carbocycles. The van der Waals surface area contributed by atoms with Crippen molar-refractivity contribution in [2.24, 2.45) is 44.4 Å². The molecule has 7 atom stereocenters. The van der Waals surface area contributed by atoms with Gasteiger partial charge in [-0.3, -0.25) is 48.3 Å². The molecule has 1 aliphatic rings. The minimum atomic E-state index is -4.81. The number of hydrogen-bond donors (Lipinski definition) is 15. The number of carbonyl (C=O) groups is 8. The molecule has 1 aromatic heterocycles. The van der Waals surface area contributed by atoms with Crippen LogP contribution in [-0.2, 0) is 57.4 Å². The van der Waals surface area contributed by atoms with E-state index in [4.69, 9.17) is 34.4 Å². The highest BCUT2D eigenvalue weighted by molar-refractivity contribution is 5.97. The molecule has 28 heteroatoms. The number of nitrogens with two attached hydrogens (primary N) is 6. The van der Waals surface area contributed by atoms with Gasteiger partial charge in [0, 0.05) is 68.6 Å². The Hall–Kier alpha value is -8.43.